The van der Waals surface area contributed by atoms with Crippen LogP contribution >= 0.6 is 12.2 Å². The van der Waals surface area contributed by atoms with Crippen molar-refractivity contribution >= 4 is 17.2 Å². The molecule has 0 aromatic heterocycles. The van der Waals surface area contributed by atoms with Crippen LogP contribution in [0.3, 0.4) is 0 Å². The summed E-state index contributed by atoms with van der Waals surface area (Å²) in [6.45, 7) is 7.10. The van der Waals surface area contributed by atoms with Crippen LogP contribution < -0.4 is 5.32 Å². The number of benzene rings is 1. The fourth-order valence-corrected chi connectivity index (χ4v) is 3.93. The summed E-state index contributed by atoms with van der Waals surface area (Å²) in [4.78, 5) is 3.54. The molecule has 0 amide bonds. The van der Waals surface area contributed by atoms with Gasteiger partial charge >= 0.3 is 0 Å². The molecule has 1 saturated heterocycles. The van der Waals surface area contributed by atoms with E-state index >= 15 is 0 Å². The van der Waals surface area contributed by atoms with Crippen LogP contribution in [0.2, 0.25) is 0 Å². The minimum Gasteiger partial charge on any atom is -0.375 e. The van der Waals surface area contributed by atoms with Crippen LogP contribution in [0.5, 0.6) is 0 Å². The smallest absolute Gasteiger partial charge is 0.106 e. The first-order valence-corrected chi connectivity index (χ1v) is 8.26. The molecule has 0 spiro atoms. The van der Waals surface area contributed by atoms with Gasteiger partial charge in [-0.3, -0.25) is 0 Å². The number of nitrogens with one attached hydrogen (secondary N) is 1. The Morgan fingerprint density at radius 2 is 2.00 bits per heavy atom. The normalized spacial score (nSPS) is 26.4. The molecule has 3 heteroatoms. The van der Waals surface area contributed by atoms with Gasteiger partial charge in [0, 0.05) is 17.5 Å². The van der Waals surface area contributed by atoms with E-state index < -0.39 is 0 Å². The monoisotopic (exact) mass is 288 g/mol. The summed E-state index contributed by atoms with van der Waals surface area (Å²) in [6, 6.07) is 8.71. The van der Waals surface area contributed by atoms with Crippen LogP contribution in [0.15, 0.2) is 24.3 Å². The quantitative estimate of drug-likeness (QED) is 0.857. The zero-order valence-electron chi connectivity index (χ0n) is 12.3. The third-order valence-electron chi connectivity index (χ3n) is 5.11. The lowest BCUT2D eigenvalue weighted by molar-refractivity contribution is 0.269. The summed E-state index contributed by atoms with van der Waals surface area (Å²) in [5.41, 5.74) is 2.96. The van der Waals surface area contributed by atoms with Crippen LogP contribution in [-0.2, 0) is 5.41 Å². The Morgan fingerprint density at radius 3 is 2.75 bits per heavy atom. The van der Waals surface area contributed by atoms with Crippen LogP contribution in [0.4, 0.5) is 0 Å². The molecule has 2 aliphatic heterocycles. The van der Waals surface area contributed by atoms with E-state index in [1.807, 2.05) is 0 Å². The number of thiocarbonyl (C=S) groups is 1. The molecule has 2 nitrogen and oxygen atoms in total. The highest BCUT2D eigenvalue weighted by molar-refractivity contribution is 7.80. The number of likely N-dealkylation sites (tertiary alicyclic amines) is 1. The third kappa shape index (κ3) is 2.49. The lowest BCUT2D eigenvalue weighted by Gasteiger charge is -2.40. The Bertz CT molecular complexity index is 494. The van der Waals surface area contributed by atoms with E-state index in [1.165, 1.54) is 56.4 Å². The van der Waals surface area contributed by atoms with Crippen molar-refractivity contribution in [3.05, 3.63) is 35.4 Å². The van der Waals surface area contributed by atoms with E-state index in [0.29, 0.717) is 0 Å². The molecule has 108 valence electrons. The maximum absolute atomic E-state index is 5.48. The third-order valence-corrected chi connectivity index (χ3v) is 5.48. The minimum absolute atomic E-state index is 0.251. The van der Waals surface area contributed by atoms with E-state index in [0.717, 1.165) is 11.5 Å². The van der Waals surface area contributed by atoms with Crippen molar-refractivity contribution in [3.63, 3.8) is 0 Å². The topological polar surface area (TPSA) is 15.3 Å². The van der Waals surface area contributed by atoms with Gasteiger partial charge in [-0.05, 0) is 50.9 Å². The molecule has 1 atom stereocenters. The molecule has 0 aliphatic carbocycles. The average Bonchev–Trinajstić information content (AvgIpc) is 3.01. The van der Waals surface area contributed by atoms with E-state index in [-0.39, 0.29) is 5.41 Å². The Kier molecular flexibility index (Phi) is 4.08. The van der Waals surface area contributed by atoms with Crippen molar-refractivity contribution in [2.75, 3.05) is 26.2 Å². The van der Waals surface area contributed by atoms with Gasteiger partial charge in [-0.25, -0.2) is 0 Å². The largest absolute Gasteiger partial charge is 0.375 e. The van der Waals surface area contributed by atoms with Gasteiger partial charge < -0.3 is 10.2 Å². The molecule has 0 radical (unpaired) electrons. The summed E-state index contributed by atoms with van der Waals surface area (Å²) in [7, 11) is 0. The van der Waals surface area contributed by atoms with Gasteiger partial charge in [0.1, 0.15) is 4.99 Å². The summed E-state index contributed by atoms with van der Waals surface area (Å²) in [6.07, 6.45) is 5.15. The summed E-state index contributed by atoms with van der Waals surface area (Å²) < 4.78 is 0. The number of hydrogen-bond donors (Lipinski definition) is 1. The van der Waals surface area contributed by atoms with Gasteiger partial charge in [-0.1, -0.05) is 43.4 Å². The fraction of sp³-hybridized carbons (Fsp3) is 0.588. The average molecular weight is 288 g/mol. The van der Waals surface area contributed by atoms with Gasteiger partial charge in [0.25, 0.3) is 0 Å². The highest BCUT2D eigenvalue weighted by Gasteiger charge is 2.36. The van der Waals surface area contributed by atoms with Gasteiger partial charge in [0.05, 0.1) is 0 Å². The molecule has 20 heavy (non-hydrogen) atoms. The lowest BCUT2D eigenvalue weighted by atomic mass is 9.71. The molecule has 0 bridgehead atoms. The van der Waals surface area contributed by atoms with Crippen LogP contribution in [0.1, 0.15) is 43.7 Å². The first kappa shape index (κ1) is 14.0. The second kappa shape index (κ2) is 5.82. The number of nitrogens with zero attached hydrogens (tertiary/aromatic N) is 1. The molecular formula is C17H24N2S. The Hall–Kier alpha value is -0.930. The molecule has 1 N–H and O–H groups in total. The summed E-state index contributed by atoms with van der Waals surface area (Å²) in [5, 5.41) is 3.47. The van der Waals surface area contributed by atoms with E-state index in [2.05, 4.69) is 41.4 Å². The zero-order chi connectivity index (χ0) is 14.0. The number of rotatable bonds is 4. The van der Waals surface area contributed by atoms with Crippen molar-refractivity contribution in [3.8, 4) is 0 Å². The lowest BCUT2D eigenvalue weighted by Crippen LogP contribution is -2.47. The van der Waals surface area contributed by atoms with E-state index in [9.17, 15) is 0 Å². The van der Waals surface area contributed by atoms with Crippen LogP contribution in [-0.4, -0.2) is 36.1 Å². The number of fused-ring (bicyclic) bond motifs is 1. The van der Waals surface area contributed by atoms with Gasteiger partial charge in [-0.15, -0.1) is 0 Å². The highest BCUT2D eigenvalue weighted by Crippen LogP contribution is 2.36. The molecular weight excluding hydrogens is 264 g/mol. The predicted molar refractivity (Wildman–Crippen MR) is 88.4 cm³/mol. The highest BCUT2D eigenvalue weighted by atomic mass is 32.1. The molecule has 2 heterocycles. The molecule has 1 aromatic rings. The Balaban J connectivity index is 1.84. The first-order valence-electron chi connectivity index (χ1n) is 7.85. The molecule has 1 aromatic carbocycles. The standard InChI is InChI=1S/C17H24N2S/c1-2-17(9-12-19-10-5-6-11-19)13-18-16(20)14-7-3-4-8-15(14)17/h3-4,7-8H,2,5-6,9-13H2,1H3,(H,18,20). The Labute approximate surface area is 127 Å². The van der Waals surface area contributed by atoms with E-state index in [4.69, 9.17) is 12.2 Å². The van der Waals surface area contributed by atoms with Crippen LogP contribution in [0.25, 0.3) is 0 Å². The second-order valence-corrected chi connectivity index (χ2v) is 6.57. The second-order valence-electron chi connectivity index (χ2n) is 6.16. The van der Waals surface area contributed by atoms with Gasteiger partial charge in [-0.2, -0.15) is 0 Å². The summed E-state index contributed by atoms with van der Waals surface area (Å²) in [5.74, 6) is 0. The summed E-state index contributed by atoms with van der Waals surface area (Å²) >= 11 is 5.48. The van der Waals surface area contributed by atoms with Crippen LogP contribution in [0, 0.1) is 0 Å². The maximum atomic E-state index is 5.48. The molecule has 3 rings (SSSR count). The van der Waals surface area contributed by atoms with Crippen molar-refractivity contribution in [2.24, 2.45) is 0 Å². The SMILES string of the molecule is CCC1(CCN2CCCC2)CNC(=S)c2ccccc21. The Morgan fingerprint density at radius 1 is 1.25 bits per heavy atom. The van der Waals surface area contributed by atoms with Crippen molar-refractivity contribution < 1.29 is 0 Å². The van der Waals surface area contributed by atoms with Gasteiger partial charge in [0.15, 0.2) is 0 Å². The molecule has 1 unspecified atom stereocenters. The number of hydrogen-bond acceptors (Lipinski definition) is 2. The molecule has 2 aliphatic rings. The van der Waals surface area contributed by atoms with Crippen molar-refractivity contribution in [2.45, 2.75) is 38.0 Å². The first-order chi connectivity index (χ1) is 9.75. The molecule has 1 fully saturated rings. The fourth-order valence-electron chi connectivity index (χ4n) is 3.68. The van der Waals surface area contributed by atoms with E-state index in [1.54, 1.807) is 0 Å². The molecule has 0 saturated carbocycles. The van der Waals surface area contributed by atoms with Crippen molar-refractivity contribution in [1.82, 2.24) is 10.2 Å². The van der Waals surface area contributed by atoms with Gasteiger partial charge in [0.2, 0.25) is 0 Å². The predicted octanol–water partition coefficient (Wildman–Crippen LogP) is 3.10. The van der Waals surface area contributed by atoms with Crippen molar-refractivity contribution in [1.29, 1.82) is 0 Å². The zero-order valence-corrected chi connectivity index (χ0v) is 13.1. The minimum atomic E-state index is 0.251. The maximum Gasteiger partial charge on any atom is 0.106 e.